The van der Waals surface area contributed by atoms with Crippen LogP contribution in [0.4, 0.5) is 0 Å². The summed E-state index contributed by atoms with van der Waals surface area (Å²) in [6, 6.07) is 22.8. The van der Waals surface area contributed by atoms with E-state index in [4.69, 9.17) is 11.6 Å². The lowest BCUT2D eigenvalue weighted by Crippen LogP contribution is -2.34. The molecule has 30 heavy (non-hydrogen) atoms. The monoisotopic (exact) mass is 418 g/mol. The first-order valence-electron chi connectivity index (χ1n) is 9.98. The van der Waals surface area contributed by atoms with Gasteiger partial charge in [-0.05, 0) is 35.7 Å². The van der Waals surface area contributed by atoms with E-state index in [1.807, 2.05) is 73.7 Å². The van der Waals surface area contributed by atoms with Gasteiger partial charge in [0.15, 0.2) is 0 Å². The Morgan fingerprint density at radius 1 is 1.03 bits per heavy atom. The normalized spacial score (nSPS) is 13.8. The van der Waals surface area contributed by atoms with Gasteiger partial charge in [0.25, 0.3) is 5.91 Å². The summed E-state index contributed by atoms with van der Waals surface area (Å²) in [6.45, 7) is 2.88. The maximum atomic E-state index is 13.1. The fourth-order valence-corrected chi connectivity index (χ4v) is 4.01. The van der Waals surface area contributed by atoms with Gasteiger partial charge in [0.05, 0.1) is 12.5 Å². The third kappa shape index (κ3) is 4.24. The van der Waals surface area contributed by atoms with Crippen molar-refractivity contribution >= 4 is 23.4 Å². The highest BCUT2D eigenvalue weighted by atomic mass is 35.5. The molecule has 0 aliphatic carbocycles. The molecule has 152 valence electrons. The van der Waals surface area contributed by atoms with Gasteiger partial charge in [-0.3, -0.25) is 9.59 Å². The minimum Gasteiger partial charge on any atom is -0.352 e. The molecule has 1 aliphatic heterocycles. The maximum absolute atomic E-state index is 13.1. The van der Waals surface area contributed by atoms with Crippen LogP contribution in [0.3, 0.4) is 0 Å². The highest BCUT2D eigenvalue weighted by Crippen LogP contribution is 2.33. The molecule has 1 aliphatic rings. The Morgan fingerprint density at radius 3 is 2.47 bits per heavy atom. The number of carbonyl (C=O) groups excluding carboxylic acids is 2. The molecule has 1 N–H and O–H groups in total. The number of benzene rings is 3. The van der Waals surface area contributed by atoms with Gasteiger partial charge in [0, 0.05) is 23.7 Å². The van der Waals surface area contributed by atoms with Gasteiger partial charge in [-0.15, -0.1) is 0 Å². The lowest BCUT2D eigenvalue weighted by molar-refractivity contribution is -0.122. The minimum atomic E-state index is -0.336. The molecule has 4 nitrogen and oxygen atoms in total. The molecular weight excluding hydrogens is 396 g/mol. The Labute approximate surface area is 181 Å². The molecule has 1 atom stereocenters. The minimum absolute atomic E-state index is 0.0323. The first-order valence-corrected chi connectivity index (χ1v) is 10.4. The number of rotatable bonds is 6. The molecular formula is C25H23ClN2O2. The molecule has 0 fully saturated rings. The van der Waals surface area contributed by atoms with E-state index in [9.17, 15) is 9.59 Å². The van der Waals surface area contributed by atoms with Crippen LogP contribution in [-0.2, 0) is 17.9 Å². The molecule has 0 aromatic heterocycles. The largest absolute Gasteiger partial charge is 0.352 e. The van der Waals surface area contributed by atoms with Crippen molar-refractivity contribution < 1.29 is 9.59 Å². The van der Waals surface area contributed by atoms with E-state index < -0.39 is 0 Å². The van der Waals surface area contributed by atoms with Crippen LogP contribution in [0.15, 0.2) is 72.8 Å². The van der Waals surface area contributed by atoms with Crippen LogP contribution in [0.25, 0.3) is 0 Å². The second-order valence-corrected chi connectivity index (χ2v) is 8.00. The number of fused-ring (bicyclic) bond motifs is 1. The Hall–Kier alpha value is -3.11. The Balaban J connectivity index is 1.54. The van der Waals surface area contributed by atoms with Crippen LogP contribution in [0.2, 0.25) is 5.02 Å². The zero-order chi connectivity index (χ0) is 21.1. The third-order valence-corrected chi connectivity index (χ3v) is 5.87. The molecule has 5 heteroatoms. The number of carbonyl (C=O) groups is 2. The van der Waals surface area contributed by atoms with Crippen molar-refractivity contribution in [2.24, 2.45) is 0 Å². The van der Waals surface area contributed by atoms with Crippen LogP contribution in [0.1, 0.15) is 45.1 Å². The number of aryl methyl sites for hydroxylation is 1. The number of nitrogens with zero attached hydrogens (tertiary/aromatic N) is 1. The predicted octanol–water partition coefficient (Wildman–Crippen LogP) is 5.05. The van der Waals surface area contributed by atoms with Crippen molar-refractivity contribution in [3.8, 4) is 0 Å². The molecule has 0 saturated carbocycles. The standard InChI is InChI=1S/C25H23ClN2O2/c1-17-10-12-18(13-11-17)23(28-16-20-7-2-4-8-21(20)25(28)30)14-24(29)27-15-19-6-3-5-9-22(19)26/h2-13,23H,14-16H2,1H3,(H,27,29). The lowest BCUT2D eigenvalue weighted by Gasteiger charge is -2.28. The fourth-order valence-electron chi connectivity index (χ4n) is 3.81. The van der Waals surface area contributed by atoms with E-state index in [0.717, 1.165) is 22.3 Å². The molecule has 0 bridgehead atoms. The molecule has 3 aromatic rings. The van der Waals surface area contributed by atoms with E-state index in [1.165, 1.54) is 0 Å². The van der Waals surface area contributed by atoms with Crippen LogP contribution in [0.5, 0.6) is 0 Å². The molecule has 0 saturated heterocycles. The molecule has 3 aromatic carbocycles. The Bertz CT molecular complexity index is 1080. The third-order valence-electron chi connectivity index (χ3n) is 5.50. The SMILES string of the molecule is Cc1ccc(C(CC(=O)NCc2ccccc2Cl)N2Cc3ccccc3C2=O)cc1. The van der Waals surface area contributed by atoms with E-state index in [0.29, 0.717) is 23.7 Å². The van der Waals surface area contributed by atoms with Gasteiger partial charge >= 0.3 is 0 Å². The molecule has 1 unspecified atom stereocenters. The first-order chi connectivity index (χ1) is 14.5. The number of amides is 2. The maximum Gasteiger partial charge on any atom is 0.255 e. The second kappa shape index (κ2) is 8.72. The summed E-state index contributed by atoms with van der Waals surface area (Å²) in [5, 5.41) is 3.57. The average molecular weight is 419 g/mol. The van der Waals surface area contributed by atoms with Crippen molar-refractivity contribution in [2.75, 3.05) is 0 Å². The van der Waals surface area contributed by atoms with Crippen LogP contribution in [0, 0.1) is 6.92 Å². The molecule has 4 rings (SSSR count). The number of hydrogen-bond donors (Lipinski definition) is 1. The number of hydrogen-bond acceptors (Lipinski definition) is 2. The lowest BCUT2D eigenvalue weighted by atomic mass is 10.00. The summed E-state index contributed by atoms with van der Waals surface area (Å²) < 4.78 is 0. The van der Waals surface area contributed by atoms with Gasteiger partial charge in [-0.2, -0.15) is 0 Å². The first kappa shape index (κ1) is 20.2. The van der Waals surface area contributed by atoms with Crippen molar-refractivity contribution in [3.63, 3.8) is 0 Å². The zero-order valence-corrected chi connectivity index (χ0v) is 17.5. The molecule has 1 heterocycles. The summed E-state index contributed by atoms with van der Waals surface area (Å²) in [5.41, 5.74) is 4.66. The molecule has 2 amide bonds. The van der Waals surface area contributed by atoms with Gasteiger partial charge in [0.2, 0.25) is 5.91 Å². The fraction of sp³-hybridized carbons (Fsp3) is 0.200. The Kier molecular flexibility index (Phi) is 5.86. The van der Waals surface area contributed by atoms with Crippen LogP contribution >= 0.6 is 11.6 Å². The average Bonchev–Trinajstić information content (AvgIpc) is 3.09. The summed E-state index contributed by atoms with van der Waals surface area (Å²) in [5.74, 6) is -0.153. The summed E-state index contributed by atoms with van der Waals surface area (Å²) in [7, 11) is 0. The van der Waals surface area contributed by atoms with E-state index in [-0.39, 0.29) is 24.3 Å². The predicted molar refractivity (Wildman–Crippen MR) is 118 cm³/mol. The summed E-state index contributed by atoms with van der Waals surface area (Å²) >= 11 is 6.19. The van der Waals surface area contributed by atoms with Gasteiger partial charge < -0.3 is 10.2 Å². The highest BCUT2D eigenvalue weighted by molar-refractivity contribution is 6.31. The number of nitrogens with one attached hydrogen (secondary N) is 1. The van der Waals surface area contributed by atoms with E-state index >= 15 is 0 Å². The second-order valence-electron chi connectivity index (χ2n) is 7.59. The quantitative estimate of drug-likeness (QED) is 0.608. The van der Waals surface area contributed by atoms with Crippen molar-refractivity contribution in [2.45, 2.75) is 32.5 Å². The zero-order valence-electron chi connectivity index (χ0n) is 16.8. The van der Waals surface area contributed by atoms with Crippen molar-refractivity contribution in [1.82, 2.24) is 10.2 Å². The van der Waals surface area contributed by atoms with Crippen LogP contribution < -0.4 is 5.32 Å². The smallest absolute Gasteiger partial charge is 0.255 e. The van der Waals surface area contributed by atoms with Gasteiger partial charge in [0.1, 0.15) is 0 Å². The Morgan fingerprint density at radius 2 is 1.73 bits per heavy atom. The van der Waals surface area contributed by atoms with Gasteiger partial charge in [-0.1, -0.05) is 77.8 Å². The van der Waals surface area contributed by atoms with Crippen molar-refractivity contribution in [1.29, 1.82) is 0 Å². The van der Waals surface area contributed by atoms with Crippen molar-refractivity contribution in [3.05, 3.63) is 106 Å². The highest BCUT2D eigenvalue weighted by Gasteiger charge is 2.34. The van der Waals surface area contributed by atoms with Gasteiger partial charge in [-0.25, -0.2) is 0 Å². The molecule has 0 radical (unpaired) electrons. The topological polar surface area (TPSA) is 49.4 Å². The summed E-state index contributed by atoms with van der Waals surface area (Å²) in [6.07, 6.45) is 0.188. The number of halogens is 1. The molecule has 0 spiro atoms. The van der Waals surface area contributed by atoms with E-state index in [1.54, 1.807) is 11.0 Å². The van der Waals surface area contributed by atoms with Crippen LogP contribution in [-0.4, -0.2) is 16.7 Å². The van der Waals surface area contributed by atoms with E-state index in [2.05, 4.69) is 5.32 Å². The summed E-state index contributed by atoms with van der Waals surface area (Å²) in [4.78, 5) is 27.7.